The zero-order valence-electron chi connectivity index (χ0n) is 6.24. The molecule has 1 rings (SSSR count). The third-order valence-electron chi connectivity index (χ3n) is 1.67. The Bertz CT molecular complexity index is 240. The van der Waals surface area contributed by atoms with Crippen molar-refractivity contribution in [3.8, 4) is 0 Å². The highest BCUT2D eigenvalue weighted by Gasteiger charge is 2.34. The maximum Gasteiger partial charge on any atom is 0.340 e. The molecule has 0 radical (unpaired) electrons. The maximum atomic E-state index is 10.5. The number of aliphatic carboxylic acids is 1. The van der Waals surface area contributed by atoms with Crippen molar-refractivity contribution in [2.24, 2.45) is 0 Å². The van der Waals surface area contributed by atoms with Gasteiger partial charge < -0.3 is 10.2 Å². The van der Waals surface area contributed by atoms with Crippen LogP contribution in [0.2, 0.25) is 0 Å². The molecule has 11 heavy (non-hydrogen) atoms. The van der Waals surface area contributed by atoms with E-state index in [1.807, 2.05) is 0 Å². The summed E-state index contributed by atoms with van der Waals surface area (Å²) in [4.78, 5) is 10.5. The molecule has 0 spiro atoms. The highest BCUT2D eigenvalue weighted by molar-refractivity contribution is 5.80. The van der Waals surface area contributed by atoms with E-state index in [0.717, 1.165) is 5.57 Å². The van der Waals surface area contributed by atoms with E-state index in [1.54, 1.807) is 19.1 Å². The van der Waals surface area contributed by atoms with E-state index in [0.29, 0.717) is 0 Å². The first-order valence-electron chi connectivity index (χ1n) is 3.35. The normalized spacial score (nSPS) is 29.8. The van der Waals surface area contributed by atoms with Gasteiger partial charge in [0, 0.05) is 6.42 Å². The molecule has 0 aliphatic heterocycles. The van der Waals surface area contributed by atoms with Crippen LogP contribution in [-0.2, 0) is 4.79 Å². The smallest absolute Gasteiger partial charge is 0.340 e. The van der Waals surface area contributed by atoms with Crippen LogP contribution >= 0.6 is 0 Å². The Hall–Kier alpha value is -1.09. The average Bonchev–Trinajstić information content (AvgIpc) is 1.86. The fraction of sp³-hybridized carbons (Fsp3) is 0.375. The van der Waals surface area contributed by atoms with Gasteiger partial charge in [-0.05, 0) is 13.0 Å². The van der Waals surface area contributed by atoms with Gasteiger partial charge in [0.05, 0.1) is 0 Å². The maximum absolute atomic E-state index is 10.5. The second kappa shape index (κ2) is 2.51. The molecule has 1 aliphatic rings. The highest BCUT2D eigenvalue weighted by Crippen LogP contribution is 2.22. The molecular weight excluding hydrogens is 144 g/mol. The Kier molecular flexibility index (Phi) is 1.83. The second-order valence-corrected chi connectivity index (χ2v) is 2.78. The summed E-state index contributed by atoms with van der Waals surface area (Å²) in [6.45, 7) is 1.79. The summed E-state index contributed by atoms with van der Waals surface area (Å²) in [5.41, 5.74) is -0.809. The molecule has 0 heterocycles. The van der Waals surface area contributed by atoms with E-state index in [1.165, 1.54) is 6.08 Å². The summed E-state index contributed by atoms with van der Waals surface area (Å²) in [7, 11) is 0. The first-order chi connectivity index (χ1) is 5.04. The first kappa shape index (κ1) is 8.01. The molecule has 0 saturated heterocycles. The third-order valence-corrected chi connectivity index (χ3v) is 1.67. The van der Waals surface area contributed by atoms with Crippen LogP contribution in [0.4, 0.5) is 0 Å². The zero-order valence-corrected chi connectivity index (χ0v) is 6.24. The lowest BCUT2D eigenvalue weighted by atomic mass is 9.91. The van der Waals surface area contributed by atoms with Gasteiger partial charge in [0.15, 0.2) is 5.60 Å². The Labute approximate surface area is 64.7 Å². The predicted octanol–water partition coefficient (Wildman–Crippen LogP) is 0.708. The SMILES string of the molecule is CC1=CC=CC(O)(C(=O)O)C1. The van der Waals surface area contributed by atoms with Gasteiger partial charge in [0.1, 0.15) is 0 Å². The minimum Gasteiger partial charge on any atom is -0.479 e. The molecule has 0 aromatic rings. The number of hydrogen-bond donors (Lipinski definition) is 2. The summed E-state index contributed by atoms with van der Waals surface area (Å²) in [6, 6.07) is 0. The van der Waals surface area contributed by atoms with E-state index in [-0.39, 0.29) is 6.42 Å². The third kappa shape index (κ3) is 1.49. The molecule has 2 N–H and O–H groups in total. The van der Waals surface area contributed by atoms with Gasteiger partial charge in [-0.2, -0.15) is 0 Å². The number of hydrogen-bond acceptors (Lipinski definition) is 2. The van der Waals surface area contributed by atoms with Crippen LogP contribution < -0.4 is 0 Å². The Balaban J connectivity index is 2.86. The molecule has 0 saturated carbocycles. The van der Waals surface area contributed by atoms with Gasteiger partial charge in [0.2, 0.25) is 0 Å². The highest BCUT2D eigenvalue weighted by atomic mass is 16.4. The number of rotatable bonds is 1. The molecule has 60 valence electrons. The molecule has 1 aliphatic carbocycles. The zero-order chi connectivity index (χ0) is 8.48. The van der Waals surface area contributed by atoms with E-state index in [4.69, 9.17) is 5.11 Å². The Morgan fingerprint density at radius 2 is 2.36 bits per heavy atom. The van der Waals surface area contributed by atoms with Crippen LogP contribution in [0.3, 0.4) is 0 Å². The van der Waals surface area contributed by atoms with Crippen LogP contribution in [0, 0.1) is 0 Å². The number of carboxylic acids is 1. The monoisotopic (exact) mass is 154 g/mol. The number of carboxylic acid groups (broad SMARTS) is 1. The van der Waals surface area contributed by atoms with E-state index in [9.17, 15) is 9.90 Å². The summed E-state index contributed by atoms with van der Waals surface area (Å²) in [5.74, 6) is -1.19. The van der Waals surface area contributed by atoms with E-state index >= 15 is 0 Å². The van der Waals surface area contributed by atoms with Gasteiger partial charge >= 0.3 is 5.97 Å². The molecule has 1 unspecified atom stereocenters. The van der Waals surface area contributed by atoms with Crippen molar-refractivity contribution < 1.29 is 15.0 Å². The van der Waals surface area contributed by atoms with Crippen molar-refractivity contribution in [3.63, 3.8) is 0 Å². The second-order valence-electron chi connectivity index (χ2n) is 2.78. The van der Waals surface area contributed by atoms with Crippen LogP contribution in [-0.4, -0.2) is 21.8 Å². The first-order valence-corrected chi connectivity index (χ1v) is 3.35. The van der Waals surface area contributed by atoms with Gasteiger partial charge in [-0.1, -0.05) is 17.7 Å². The minimum absolute atomic E-state index is 0.179. The quantitative estimate of drug-likeness (QED) is 0.584. The largest absolute Gasteiger partial charge is 0.479 e. The molecule has 0 bridgehead atoms. The molecular formula is C8H10O3. The number of aliphatic hydroxyl groups is 1. The van der Waals surface area contributed by atoms with Crippen LogP contribution in [0.15, 0.2) is 23.8 Å². The topological polar surface area (TPSA) is 57.5 Å². The van der Waals surface area contributed by atoms with Crippen molar-refractivity contribution in [3.05, 3.63) is 23.8 Å². The standard InChI is InChI=1S/C8H10O3/c1-6-3-2-4-8(11,5-6)7(9)10/h2-4,11H,5H2,1H3,(H,9,10). The summed E-state index contributed by atoms with van der Waals surface area (Å²) in [5, 5.41) is 18.0. The Morgan fingerprint density at radius 3 is 2.73 bits per heavy atom. The molecule has 0 fully saturated rings. The molecule has 0 amide bonds. The van der Waals surface area contributed by atoms with Crippen molar-refractivity contribution in [1.82, 2.24) is 0 Å². The summed E-state index contributed by atoms with van der Waals surface area (Å²) < 4.78 is 0. The van der Waals surface area contributed by atoms with E-state index in [2.05, 4.69) is 0 Å². The van der Waals surface area contributed by atoms with Gasteiger partial charge in [0.25, 0.3) is 0 Å². The van der Waals surface area contributed by atoms with Gasteiger partial charge in [-0.25, -0.2) is 4.79 Å². The molecule has 0 aromatic heterocycles. The summed E-state index contributed by atoms with van der Waals surface area (Å²) >= 11 is 0. The van der Waals surface area contributed by atoms with Crippen LogP contribution in [0.1, 0.15) is 13.3 Å². The van der Waals surface area contributed by atoms with Crippen molar-refractivity contribution in [2.75, 3.05) is 0 Å². The fourth-order valence-corrected chi connectivity index (χ4v) is 1.06. The van der Waals surface area contributed by atoms with Crippen LogP contribution in [0.5, 0.6) is 0 Å². The average molecular weight is 154 g/mol. The lowest BCUT2D eigenvalue weighted by Crippen LogP contribution is -2.37. The van der Waals surface area contributed by atoms with Gasteiger partial charge in [-0.3, -0.25) is 0 Å². The molecule has 3 heteroatoms. The lowest BCUT2D eigenvalue weighted by molar-refractivity contribution is -0.153. The molecule has 0 aromatic carbocycles. The molecule has 1 atom stereocenters. The van der Waals surface area contributed by atoms with Crippen LogP contribution in [0.25, 0.3) is 0 Å². The fourth-order valence-electron chi connectivity index (χ4n) is 1.06. The molecule has 3 nitrogen and oxygen atoms in total. The lowest BCUT2D eigenvalue weighted by Gasteiger charge is -2.21. The minimum atomic E-state index is -1.68. The van der Waals surface area contributed by atoms with Crippen molar-refractivity contribution in [2.45, 2.75) is 18.9 Å². The van der Waals surface area contributed by atoms with E-state index < -0.39 is 11.6 Å². The number of carbonyl (C=O) groups is 1. The number of allylic oxidation sites excluding steroid dienone is 2. The predicted molar refractivity (Wildman–Crippen MR) is 40.1 cm³/mol. The van der Waals surface area contributed by atoms with Gasteiger partial charge in [-0.15, -0.1) is 0 Å². The van der Waals surface area contributed by atoms with Crippen molar-refractivity contribution in [1.29, 1.82) is 0 Å². The Morgan fingerprint density at radius 1 is 1.73 bits per heavy atom. The van der Waals surface area contributed by atoms with Crippen molar-refractivity contribution >= 4 is 5.97 Å². The summed E-state index contributed by atoms with van der Waals surface area (Å²) in [6.07, 6.45) is 4.82.